The standard InChI is InChI=1S/C12H11BrN2O2S/c13-11-4-5-18-12(11)8-14-7-9-2-1-3-10(6-9)15(16)17/h1-6,14H,7-8H2. The zero-order valence-corrected chi connectivity index (χ0v) is 11.8. The van der Waals surface area contributed by atoms with Crippen molar-refractivity contribution in [2.45, 2.75) is 13.1 Å². The second kappa shape index (κ2) is 6.08. The Kier molecular flexibility index (Phi) is 4.46. The van der Waals surface area contributed by atoms with Gasteiger partial charge in [0.1, 0.15) is 0 Å². The number of hydrogen-bond acceptors (Lipinski definition) is 4. The highest BCUT2D eigenvalue weighted by Crippen LogP contribution is 2.22. The van der Waals surface area contributed by atoms with E-state index in [1.54, 1.807) is 23.5 Å². The summed E-state index contributed by atoms with van der Waals surface area (Å²) in [7, 11) is 0. The van der Waals surface area contributed by atoms with Crippen molar-refractivity contribution < 1.29 is 4.92 Å². The number of benzene rings is 1. The fraction of sp³-hybridized carbons (Fsp3) is 0.167. The molecule has 0 spiro atoms. The van der Waals surface area contributed by atoms with Crippen LogP contribution in [0.1, 0.15) is 10.4 Å². The molecule has 0 radical (unpaired) electrons. The van der Waals surface area contributed by atoms with Gasteiger partial charge >= 0.3 is 0 Å². The maximum absolute atomic E-state index is 10.6. The lowest BCUT2D eigenvalue weighted by Gasteiger charge is -2.04. The van der Waals surface area contributed by atoms with E-state index in [1.165, 1.54) is 10.9 Å². The van der Waals surface area contributed by atoms with Crippen LogP contribution in [-0.2, 0) is 13.1 Å². The molecule has 0 saturated heterocycles. The Morgan fingerprint density at radius 1 is 1.33 bits per heavy atom. The molecule has 0 aliphatic heterocycles. The number of nitro groups is 1. The van der Waals surface area contributed by atoms with E-state index in [0.29, 0.717) is 6.54 Å². The number of nitro benzene ring substituents is 1. The van der Waals surface area contributed by atoms with Gasteiger partial charge in [0, 0.05) is 34.6 Å². The quantitative estimate of drug-likeness (QED) is 0.673. The monoisotopic (exact) mass is 326 g/mol. The third kappa shape index (κ3) is 3.38. The van der Waals surface area contributed by atoms with Gasteiger partial charge < -0.3 is 5.32 Å². The molecule has 0 amide bonds. The van der Waals surface area contributed by atoms with Crippen molar-refractivity contribution in [1.82, 2.24) is 5.32 Å². The highest BCUT2D eigenvalue weighted by Gasteiger charge is 2.05. The summed E-state index contributed by atoms with van der Waals surface area (Å²) in [6.45, 7) is 1.37. The summed E-state index contributed by atoms with van der Waals surface area (Å²) in [4.78, 5) is 11.5. The van der Waals surface area contributed by atoms with E-state index in [1.807, 2.05) is 17.5 Å². The summed E-state index contributed by atoms with van der Waals surface area (Å²) in [6.07, 6.45) is 0. The number of non-ortho nitro benzene ring substituents is 1. The molecular formula is C12H11BrN2O2S. The first kappa shape index (κ1) is 13.2. The average Bonchev–Trinajstić information content (AvgIpc) is 2.76. The summed E-state index contributed by atoms with van der Waals surface area (Å²) < 4.78 is 1.10. The number of hydrogen-bond donors (Lipinski definition) is 1. The number of halogens is 1. The molecule has 0 saturated carbocycles. The summed E-state index contributed by atoms with van der Waals surface area (Å²) in [5.74, 6) is 0. The molecule has 0 atom stereocenters. The fourth-order valence-corrected chi connectivity index (χ4v) is 3.01. The first-order chi connectivity index (χ1) is 8.66. The van der Waals surface area contributed by atoms with Gasteiger partial charge in [0.2, 0.25) is 0 Å². The Balaban J connectivity index is 1.92. The van der Waals surface area contributed by atoms with Crippen molar-refractivity contribution >= 4 is 33.0 Å². The maximum Gasteiger partial charge on any atom is 0.269 e. The van der Waals surface area contributed by atoms with Gasteiger partial charge in [0.25, 0.3) is 5.69 Å². The molecule has 18 heavy (non-hydrogen) atoms. The predicted molar refractivity (Wildman–Crippen MR) is 75.7 cm³/mol. The van der Waals surface area contributed by atoms with Crippen molar-refractivity contribution in [2.24, 2.45) is 0 Å². The van der Waals surface area contributed by atoms with Gasteiger partial charge in [-0.1, -0.05) is 12.1 Å². The Morgan fingerprint density at radius 3 is 2.83 bits per heavy atom. The van der Waals surface area contributed by atoms with E-state index >= 15 is 0 Å². The molecule has 2 rings (SSSR count). The van der Waals surface area contributed by atoms with Gasteiger partial charge in [-0.25, -0.2) is 0 Å². The van der Waals surface area contributed by atoms with Crippen LogP contribution in [0, 0.1) is 10.1 Å². The van der Waals surface area contributed by atoms with Crippen molar-refractivity contribution in [2.75, 3.05) is 0 Å². The summed E-state index contributed by atoms with van der Waals surface area (Å²) in [5, 5.41) is 15.9. The maximum atomic E-state index is 10.6. The number of nitrogens with zero attached hydrogens (tertiary/aromatic N) is 1. The van der Waals surface area contributed by atoms with Gasteiger partial charge in [-0.15, -0.1) is 11.3 Å². The molecule has 1 aromatic carbocycles. The highest BCUT2D eigenvalue weighted by atomic mass is 79.9. The van der Waals surface area contributed by atoms with Crippen LogP contribution in [0.4, 0.5) is 5.69 Å². The molecule has 4 nitrogen and oxygen atoms in total. The van der Waals surface area contributed by atoms with Crippen LogP contribution in [0.15, 0.2) is 40.2 Å². The van der Waals surface area contributed by atoms with Crippen molar-refractivity contribution in [3.05, 3.63) is 60.7 Å². The lowest BCUT2D eigenvalue weighted by molar-refractivity contribution is -0.384. The second-order valence-electron chi connectivity index (χ2n) is 3.72. The molecule has 2 aromatic rings. The third-order valence-electron chi connectivity index (χ3n) is 2.43. The van der Waals surface area contributed by atoms with Gasteiger partial charge in [0.05, 0.1) is 4.92 Å². The lowest BCUT2D eigenvalue weighted by atomic mass is 10.2. The van der Waals surface area contributed by atoms with Crippen LogP contribution in [0.3, 0.4) is 0 Å². The molecule has 6 heteroatoms. The van der Waals surface area contributed by atoms with Gasteiger partial charge in [0.15, 0.2) is 0 Å². The van der Waals surface area contributed by atoms with E-state index in [-0.39, 0.29) is 10.6 Å². The number of rotatable bonds is 5. The molecule has 1 N–H and O–H groups in total. The minimum absolute atomic E-state index is 0.131. The van der Waals surface area contributed by atoms with E-state index in [2.05, 4.69) is 21.2 Å². The lowest BCUT2D eigenvalue weighted by Crippen LogP contribution is -2.12. The Bertz CT molecular complexity index is 557. The van der Waals surface area contributed by atoms with Crippen molar-refractivity contribution in [1.29, 1.82) is 0 Å². The number of nitrogens with one attached hydrogen (secondary N) is 1. The number of thiophene rings is 1. The van der Waals surface area contributed by atoms with Crippen molar-refractivity contribution in [3.63, 3.8) is 0 Å². The predicted octanol–water partition coefficient (Wildman–Crippen LogP) is 3.71. The van der Waals surface area contributed by atoms with E-state index < -0.39 is 0 Å². The zero-order chi connectivity index (χ0) is 13.0. The third-order valence-corrected chi connectivity index (χ3v) is 4.35. The van der Waals surface area contributed by atoms with Crippen LogP contribution in [0.25, 0.3) is 0 Å². The van der Waals surface area contributed by atoms with Crippen LogP contribution >= 0.6 is 27.3 Å². The van der Waals surface area contributed by atoms with Crippen LogP contribution < -0.4 is 5.32 Å². The molecule has 94 valence electrons. The Hall–Kier alpha value is -1.24. The van der Waals surface area contributed by atoms with E-state index in [0.717, 1.165) is 16.6 Å². The highest BCUT2D eigenvalue weighted by molar-refractivity contribution is 9.10. The topological polar surface area (TPSA) is 55.2 Å². The molecule has 1 heterocycles. The molecule has 0 unspecified atom stereocenters. The molecule has 1 aromatic heterocycles. The zero-order valence-electron chi connectivity index (χ0n) is 9.43. The molecule has 0 aliphatic carbocycles. The smallest absolute Gasteiger partial charge is 0.269 e. The van der Waals surface area contributed by atoms with Gasteiger partial charge in [-0.05, 0) is 32.9 Å². The largest absolute Gasteiger partial charge is 0.308 e. The average molecular weight is 327 g/mol. The SMILES string of the molecule is O=[N+]([O-])c1cccc(CNCc2sccc2Br)c1. The van der Waals surface area contributed by atoms with Crippen LogP contribution in [-0.4, -0.2) is 4.92 Å². The molecule has 0 aliphatic rings. The van der Waals surface area contributed by atoms with Gasteiger partial charge in [-0.2, -0.15) is 0 Å². The van der Waals surface area contributed by atoms with Gasteiger partial charge in [-0.3, -0.25) is 10.1 Å². The minimum Gasteiger partial charge on any atom is -0.308 e. The summed E-state index contributed by atoms with van der Waals surface area (Å²) in [5.41, 5.74) is 1.04. The summed E-state index contributed by atoms with van der Waals surface area (Å²) >= 11 is 5.14. The molecule has 0 fully saturated rings. The molecular weight excluding hydrogens is 316 g/mol. The fourth-order valence-electron chi connectivity index (χ4n) is 1.55. The second-order valence-corrected chi connectivity index (χ2v) is 5.58. The van der Waals surface area contributed by atoms with Crippen LogP contribution in [0.5, 0.6) is 0 Å². The Morgan fingerprint density at radius 2 is 2.17 bits per heavy atom. The van der Waals surface area contributed by atoms with E-state index in [4.69, 9.17) is 0 Å². The van der Waals surface area contributed by atoms with E-state index in [9.17, 15) is 10.1 Å². The minimum atomic E-state index is -0.376. The first-order valence-electron chi connectivity index (χ1n) is 5.33. The normalized spacial score (nSPS) is 10.5. The first-order valence-corrected chi connectivity index (χ1v) is 7.00. The van der Waals surface area contributed by atoms with Crippen molar-refractivity contribution in [3.8, 4) is 0 Å². The molecule has 0 bridgehead atoms. The van der Waals surface area contributed by atoms with Crippen LogP contribution in [0.2, 0.25) is 0 Å². The summed E-state index contributed by atoms with van der Waals surface area (Å²) in [6, 6.07) is 8.69. The Labute approximate surface area is 117 Å².